The van der Waals surface area contributed by atoms with Gasteiger partial charge in [-0.05, 0) is 49.6 Å². The maximum Gasteiger partial charge on any atom is 0.267 e. The van der Waals surface area contributed by atoms with E-state index in [1.165, 1.54) is 28.6 Å². The summed E-state index contributed by atoms with van der Waals surface area (Å²) in [6.45, 7) is 0. The number of aryl methyl sites for hydroxylation is 2. The molecule has 4 nitrogen and oxygen atoms in total. The summed E-state index contributed by atoms with van der Waals surface area (Å²) in [5, 5.41) is 1.49. The molecule has 4 rings (SSSR count). The highest BCUT2D eigenvalue weighted by Gasteiger charge is 2.22. The third-order valence-electron chi connectivity index (χ3n) is 4.32. The number of benzene rings is 1. The smallest absolute Gasteiger partial charge is 0.267 e. The number of hydrogen-bond donors (Lipinski definition) is 1. The van der Waals surface area contributed by atoms with Gasteiger partial charge in [0.2, 0.25) is 0 Å². The molecule has 2 heterocycles. The predicted octanol–water partition coefficient (Wildman–Crippen LogP) is 3.63. The zero-order valence-corrected chi connectivity index (χ0v) is 14.5. The monoisotopic (exact) mass is 343 g/mol. The van der Waals surface area contributed by atoms with Crippen molar-refractivity contribution in [2.75, 3.05) is 12.0 Å². The van der Waals surface area contributed by atoms with Crippen LogP contribution in [-0.4, -0.2) is 15.8 Å². The molecule has 0 unspecified atom stereocenters. The molecule has 0 fully saturated rings. The van der Waals surface area contributed by atoms with E-state index in [4.69, 9.17) is 10.7 Å². The maximum absolute atomic E-state index is 13.3. The van der Waals surface area contributed by atoms with Crippen LogP contribution in [0.2, 0.25) is 0 Å². The van der Waals surface area contributed by atoms with E-state index in [2.05, 4.69) is 0 Å². The fourth-order valence-electron chi connectivity index (χ4n) is 3.23. The number of rotatable bonds is 2. The van der Waals surface area contributed by atoms with Crippen LogP contribution in [0.1, 0.15) is 23.3 Å². The zero-order chi connectivity index (χ0) is 16.0. The fraction of sp³-hybridized carbons (Fsp3) is 0.294. The molecular formula is C17H17N3OS2. The lowest BCUT2D eigenvalue weighted by atomic mass is 9.97. The molecule has 0 amide bonds. The van der Waals surface area contributed by atoms with E-state index >= 15 is 0 Å². The number of nitrogen functional groups attached to an aromatic ring is 1. The first kappa shape index (κ1) is 14.8. The quantitative estimate of drug-likeness (QED) is 0.438. The number of hydrogen-bond acceptors (Lipinski definition) is 5. The summed E-state index contributed by atoms with van der Waals surface area (Å²) in [7, 11) is 0. The molecule has 0 saturated carbocycles. The van der Waals surface area contributed by atoms with Crippen molar-refractivity contribution >= 4 is 39.0 Å². The Labute approximate surface area is 142 Å². The summed E-state index contributed by atoms with van der Waals surface area (Å²) in [5.74, 6) is 0. The van der Waals surface area contributed by atoms with Gasteiger partial charge in [0.05, 0.1) is 16.8 Å². The first-order valence-corrected chi connectivity index (χ1v) is 9.71. The number of anilines is 1. The number of aromatic nitrogens is 2. The van der Waals surface area contributed by atoms with Gasteiger partial charge in [-0.25, -0.2) is 4.98 Å². The van der Waals surface area contributed by atoms with Gasteiger partial charge in [-0.2, -0.15) is 0 Å². The molecule has 2 aromatic heterocycles. The van der Waals surface area contributed by atoms with Gasteiger partial charge in [0.1, 0.15) is 4.83 Å². The average molecular weight is 343 g/mol. The van der Waals surface area contributed by atoms with Gasteiger partial charge < -0.3 is 5.73 Å². The Hall–Kier alpha value is -1.79. The van der Waals surface area contributed by atoms with E-state index < -0.39 is 0 Å². The van der Waals surface area contributed by atoms with Crippen LogP contribution >= 0.6 is 23.1 Å². The van der Waals surface area contributed by atoms with Gasteiger partial charge >= 0.3 is 0 Å². The molecule has 0 spiro atoms. The van der Waals surface area contributed by atoms with Crippen LogP contribution in [-0.2, 0) is 12.8 Å². The van der Waals surface area contributed by atoms with E-state index in [1.807, 2.05) is 30.5 Å². The van der Waals surface area contributed by atoms with Gasteiger partial charge in [0.25, 0.3) is 5.56 Å². The Morgan fingerprint density at radius 1 is 1.26 bits per heavy atom. The summed E-state index contributed by atoms with van der Waals surface area (Å²) in [4.78, 5) is 20.2. The largest absolute Gasteiger partial charge is 0.397 e. The highest BCUT2D eigenvalue weighted by atomic mass is 32.2. The summed E-state index contributed by atoms with van der Waals surface area (Å²) < 4.78 is 1.67. The lowest BCUT2D eigenvalue weighted by Crippen LogP contribution is -2.23. The minimum absolute atomic E-state index is 0.0108. The van der Waals surface area contributed by atoms with Crippen LogP contribution in [0.5, 0.6) is 0 Å². The van der Waals surface area contributed by atoms with E-state index in [1.54, 1.807) is 15.9 Å². The number of nitrogens with zero attached hydrogens (tertiary/aromatic N) is 2. The van der Waals surface area contributed by atoms with E-state index in [-0.39, 0.29) is 5.56 Å². The van der Waals surface area contributed by atoms with Crippen molar-refractivity contribution in [2.45, 2.75) is 30.8 Å². The maximum atomic E-state index is 13.3. The number of fused-ring (bicyclic) bond motifs is 3. The van der Waals surface area contributed by atoms with E-state index in [0.717, 1.165) is 29.5 Å². The van der Waals surface area contributed by atoms with Gasteiger partial charge in [-0.3, -0.25) is 9.36 Å². The Kier molecular flexibility index (Phi) is 3.66. The first-order chi connectivity index (χ1) is 11.2. The first-order valence-electron chi connectivity index (χ1n) is 7.67. The van der Waals surface area contributed by atoms with E-state index in [9.17, 15) is 4.79 Å². The number of thioether (sulfide) groups is 1. The Morgan fingerprint density at radius 2 is 2.04 bits per heavy atom. The number of para-hydroxylation sites is 2. The molecule has 1 aliphatic rings. The minimum atomic E-state index is 0.0108. The lowest BCUT2D eigenvalue weighted by molar-refractivity contribution is 0.699. The zero-order valence-electron chi connectivity index (χ0n) is 12.8. The molecule has 1 aromatic carbocycles. The van der Waals surface area contributed by atoms with Gasteiger partial charge in [0, 0.05) is 4.88 Å². The highest BCUT2D eigenvalue weighted by molar-refractivity contribution is 7.98. The average Bonchev–Trinajstić information content (AvgIpc) is 2.94. The summed E-state index contributed by atoms with van der Waals surface area (Å²) >= 11 is 3.16. The van der Waals surface area contributed by atoms with Gasteiger partial charge in [-0.1, -0.05) is 23.9 Å². The Morgan fingerprint density at radius 3 is 2.83 bits per heavy atom. The molecule has 118 valence electrons. The third-order valence-corrected chi connectivity index (χ3v) is 6.14. The second-order valence-electron chi connectivity index (χ2n) is 5.69. The Bertz CT molecular complexity index is 958. The van der Waals surface area contributed by atoms with Gasteiger partial charge in [-0.15, -0.1) is 11.3 Å². The number of nitrogens with two attached hydrogens (primary N) is 1. The topological polar surface area (TPSA) is 60.9 Å². The van der Waals surface area contributed by atoms with Crippen molar-refractivity contribution in [3.63, 3.8) is 0 Å². The summed E-state index contributed by atoms with van der Waals surface area (Å²) in [5.41, 5.74) is 8.64. The summed E-state index contributed by atoms with van der Waals surface area (Å²) in [6.07, 6.45) is 6.34. The van der Waals surface area contributed by atoms with Crippen LogP contribution in [0.3, 0.4) is 0 Å². The van der Waals surface area contributed by atoms with Crippen molar-refractivity contribution in [1.29, 1.82) is 0 Å². The SMILES string of the molecule is CSc1nc2sc3c(c2c(=O)n1-c1ccccc1N)CCCC3. The van der Waals surface area contributed by atoms with Crippen molar-refractivity contribution in [2.24, 2.45) is 0 Å². The second-order valence-corrected chi connectivity index (χ2v) is 7.55. The Balaban J connectivity index is 2.10. The number of thiophene rings is 1. The summed E-state index contributed by atoms with van der Waals surface area (Å²) in [6, 6.07) is 7.47. The third kappa shape index (κ3) is 2.28. The van der Waals surface area contributed by atoms with Crippen LogP contribution in [0.4, 0.5) is 5.69 Å². The van der Waals surface area contributed by atoms with Crippen LogP contribution in [0.15, 0.2) is 34.2 Å². The second kappa shape index (κ2) is 5.69. The lowest BCUT2D eigenvalue weighted by Gasteiger charge is -2.14. The molecule has 0 radical (unpaired) electrons. The van der Waals surface area contributed by atoms with Crippen LogP contribution in [0, 0.1) is 0 Å². The molecule has 23 heavy (non-hydrogen) atoms. The van der Waals surface area contributed by atoms with E-state index in [0.29, 0.717) is 16.5 Å². The normalized spacial score (nSPS) is 14.1. The molecule has 2 N–H and O–H groups in total. The minimum Gasteiger partial charge on any atom is -0.397 e. The molecule has 3 aromatic rings. The molecule has 0 bridgehead atoms. The van der Waals surface area contributed by atoms with Crippen LogP contribution in [0.25, 0.3) is 15.9 Å². The molecule has 0 saturated heterocycles. The fourth-order valence-corrected chi connectivity index (χ4v) is 5.08. The molecule has 1 aliphatic carbocycles. The van der Waals surface area contributed by atoms with Crippen molar-refractivity contribution in [3.8, 4) is 5.69 Å². The molecule has 0 atom stereocenters. The van der Waals surface area contributed by atoms with Crippen molar-refractivity contribution in [1.82, 2.24) is 9.55 Å². The molecular weight excluding hydrogens is 326 g/mol. The van der Waals surface area contributed by atoms with Gasteiger partial charge in [0.15, 0.2) is 5.16 Å². The van der Waals surface area contributed by atoms with Crippen molar-refractivity contribution < 1.29 is 0 Å². The highest BCUT2D eigenvalue weighted by Crippen LogP contribution is 2.35. The molecule has 6 heteroatoms. The molecule has 0 aliphatic heterocycles. The van der Waals surface area contributed by atoms with Crippen LogP contribution < -0.4 is 11.3 Å². The van der Waals surface area contributed by atoms with Crippen molar-refractivity contribution in [3.05, 3.63) is 45.1 Å². The standard InChI is InChI=1S/C17H17N3OS2/c1-22-17-19-15-14(10-6-2-5-9-13(10)23-15)16(21)20(17)12-8-4-3-7-11(12)18/h3-4,7-8H,2,5-6,9,18H2,1H3. The predicted molar refractivity (Wildman–Crippen MR) is 98.1 cm³/mol.